The highest BCUT2D eigenvalue weighted by Gasteiger charge is 2.35. The van der Waals surface area contributed by atoms with Gasteiger partial charge >= 0.3 is 0 Å². The summed E-state index contributed by atoms with van der Waals surface area (Å²) in [4.78, 5) is 27.3. The maximum atomic E-state index is 13.2. The SMILES string of the molecule is COc1ccc(CC2Sc3ccc(-c4nn[nH]n4)cc3N(CC(=O)NO)C2=O)cc1. The fraction of sp³-hybridized carbons (Fsp3) is 0.211. The van der Waals surface area contributed by atoms with Crippen molar-refractivity contribution in [2.75, 3.05) is 18.6 Å². The van der Waals surface area contributed by atoms with Crippen LogP contribution < -0.4 is 15.1 Å². The Balaban J connectivity index is 1.66. The minimum atomic E-state index is -0.686. The maximum Gasteiger partial charge on any atom is 0.263 e. The first kappa shape index (κ1) is 19.9. The van der Waals surface area contributed by atoms with Gasteiger partial charge in [0.25, 0.3) is 5.91 Å². The number of aromatic amines is 1. The number of methoxy groups -OCH3 is 1. The van der Waals surface area contributed by atoms with Crippen LogP contribution in [0.3, 0.4) is 0 Å². The van der Waals surface area contributed by atoms with Crippen molar-refractivity contribution < 1.29 is 19.5 Å². The number of hydrogen-bond donors (Lipinski definition) is 3. The van der Waals surface area contributed by atoms with Crippen LogP contribution in [0, 0.1) is 0 Å². The number of hydroxylamine groups is 1. The normalized spacial score (nSPS) is 15.6. The molecule has 1 atom stereocenters. The average molecular weight is 426 g/mol. The zero-order chi connectivity index (χ0) is 21.1. The van der Waals surface area contributed by atoms with E-state index in [1.54, 1.807) is 18.7 Å². The third-order valence-corrected chi connectivity index (χ3v) is 5.92. The zero-order valence-electron chi connectivity index (χ0n) is 15.9. The molecule has 154 valence electrons. The number of rotatable bonds is 6. The van der Waals surface area contributed by atoms with Crippen LogP contribution in [0.15, 0.2) is 47.4 Å². The molecule has 30 heavy (non-hydrogen) atoms. The molecule has 0 spiro atoms. The van der Waals surface area contributed by atoms with E-state index in [2.05, 4.69) is 20.6 Å². The number of aromatic nitrogens is 4. The Morgan fingerprint density at radius 2 is 2.10 bits per heavy atom. The summed E-state index contributed by atoms with van der Waals surface area (Å²) in [5.41, 5.74) is 3.77. The molecule has 1 aliphatic rings. The number of anilines is 1. The van der Waals surface area contributed by atoms with E-state index in [-0.39, 0.29) is 12.5 Å². The van der Waals surface area contributed by atoms with Crippen LogP contribution in [0.1, 0.15) is 5.56 Å². The molecule has 0 saturated heterocycles. The van der Waals surface area contributed by atoms with Gasteiger partial charge < -0.3 is 9.64 Å². The summed E-state index contributed by atoms with van der Waals surface area (Å²) in [5, 5.41) is 22.4. The van der Waals surface area contributed by atoms with Crippen molar-refractivity contribution >= 4 is 29.3 Å². The first-order valence-corrected chi connectivity index (χ1v) is 9.89. The molecule has 4 rings (SSSR count). The first-order chi connectivity index (χ1) is 14.6. The van der Waals surface area contributed by atoms with E-state index in [0.717, 1.165) is 16.2 Å². The number of thioether (sulfide) groups is 1. The number of fused-ring (bicyclic) bond motifs is 1. The Kier molecular flexibility index (Phi) is 5.63. The molecule has 0 aliphatic carbocycles. The highest BCUT2D eigenvalue weighted by atomic mass is 32.2. The Labute approximate surface area is 175 Å². The molecule has 1 unspecified atom stereocenters. The minimum absolute atomic E-state index is 0.225. The number of nitrogens with one attached hydrogen (secondary N) is 2. The number of nitrogens with zero attached hydrogens (tertiary/aromatic N) is 4. The van der Waals surface area contributed by atoms with E-state index < -0.39 is 11.2 Å². The number of amides is 2. The van der Waals surface area contributed by atoms with Crippen LogP contribution in [0.25, 0.3) is 11.4 Å². The van der Waals surface area contributed by atoms with Crippen molar-refractivity contribution in [1.29, 1.82) is 0 Å². The van der Waals surface area contributed by atoms with Crippen molar-refractivity contribution in [3.8, 4) is 17.1 Å². The van der Waals surface area contributed by atoms with Gasteiger partial charge in [0.05, 0.1) is 18.0 Å². The van der Waals surface area contributed by atoms with E-state index in [9.17, 15) is 9.59 Å². The number of benzene rings is 2. The van der Waals surface area contributed by atoms with Gasteiger partial charge in [0.1, 0.15) is 12.3 Å². The van der Waals surface area contributed by atoms with Gasteiger partial charge in [0.2, 0.25) is 11.7 Å². The summed E-state index contributed by atoms with van der Waals surface area (Å²) in [6.45, 7) is -0.308. The Morgan fingerprint density at radius 1 is 1.30 bits per heavy atom. The highest BCUT2D eigenvalue weighted by Crippen LogP contribution is 2.42. The van der Waals surface area contributed by atoms with Gasteiger partial charge in [-0.2, -0.15) is 5.21 Å². The Morgan fingerprint density at radius 3 is 2.77 bits per heavy atom. The lowest BCUT2D eigenvalue weighted by atomic mass is 10.1. The zero-order valence-corrected chi connectivity index (χ0v) is 16.7. The second kappa shape index (κ2) is 8.51. The van der Waals surface area contributed by atoms with Gasteiger partial charge in [-0.05, 0) is 47.5 Å². The van der Waals surface area contributed by atoms with E-state index in [4.69, 9.17) is 9.94 Å². The summed E-state index contributed by atoms with van der Waals surface area (Å²) >= 11 is 1.43. The number of tetrazole rings is 1. The predicted octanol–water partition coefficient (Wildman–Crippen LogP) is 1.43. The molecule has 0 bridgehead atoms. The molecule has 10 nitrogen and oxygen atoms in total. The molecular weight excluding hydrogens is 408 g/mol. The third kappa shape index (κ3) is 3.98. The number of carbonyl (C=O) groups is 2. The molecule has 3 N–H and O–H groups in total. The lowest BCUT2D eigenvalue weighted by Crippen LogP contribution is -2.46. The van der Waals surface area contributed by atoms with E-state index in [1.165, 1.54) is 16.7 Å². The smallest absolute Gasteiger partial charge is 0.263 e. The second-order valence-corrected chi connectivity index (χ2v) is 7.78. The molecule has 0 fully saturated rings. The molecule has 1 aromatic heterocycles. The number of ether oxygens (including phenoxy) is 1. The van der Waals surface area contributed by atoms with Crippen molar-refractivity contribution in [1.82, 2.24) is 26.1 Å². The molecule has 2 heterocycles. The lowest BCUT2D eigenvalue weighted by molar-refractivity contribution is -0.129. The highest BCUT2D eigenvalue weighted by molar-refractivity contribution is 8.01. The van der Waals surface area contributed by atoms with Gasteiger partial charge in [0.15, 0.2) is 0 Å². The first-order valence-electron chi connectivity index (χ1n) is 9.01. The third-order valence-electron chi connectivity index (χ3n) is 4.67. The van der Waals surface area contributed by atoms with E-state index >= 15 is 0 Å². The van der Waals surface area contributed by atoms with Crippen LogP contribution in [0.4, 0.5) is 5.69 Å². The Bertz CT molecular complexity index is 1060. The van der Waals surface area contributed by atoms with Crippen molar-refractivity contribution in [3.63, 3.8) is 0 Å². The quantitative estimate of drug-likeness (QED) is 0.398. The summed E-state index contributed by atoms with van der Waals surface area (Å²) < 4.78 is 5.18. The topological polar surface area (TPSA) is 133 Å². The molecule has 2 aromatic carbocycles. The number of hydrogen-bond acceptors (Lipinski definition) is 8. The lowest BCUT2D eigenvalue weighted by Gasteiger charge is -2.33. The molecule has 0 saturated carbocycles. The van der Waals surface area contributed by atoms with Crippen LogP contribution in [-0.2, 0) is 16.0 Å². The summed E-state index contributed by atoms with van der Waals surface area (Å²) in [7, 11) is 1.60. The Hall–Kier alpha value is -3.44. The van der Waals surface area contributed by atoms with Crippen LogP contribution >= 0.6 is 11.8 Å². The fourth-order valence-corrected chi connectivity index (χ4v) is 4.44. The summed E-state index contributed by atoms with van der Waals surface area (Å²) in [6, 6.07) is 12.9. The molecule has 3 aromatic rings. The molecule has 1 aliphatic heterocycles. The van der Waals surface area contributed by atoms with Gasteiger partial charge in [-0.25, -0.2) is 5.48 Å². The van der Waals surface area contributed by atoms with Crippen LogP contribution in [0.2, 0.25) is 0 Å². The summed E-state index contributed by atoms with van der Waals surface area (Å²) in [6.07, 6.45) is 0.483. The van der Waals surface area contributed by atoms with Gasteiger partial charge in [-0.1, -0.05) is 12.1 Å². The van der Waals surface area contributed by atoms with Crippen molar-refractivity contribution in [2.24, 2.45) is 0 Å². The van der Waals surface area contributed by atoms with Crippen molar-refractivity contribution in [3.05, 3.63) is 48.0 Å². The number of carbonyl (C=O) groups excluding carboxylic acids is 2. The van der Waals surface area contributed by atoms with Gasteiger partial charge in [-0.3, -0.25) is 14.8 Å². The molecule has 2 amide bonds. The largest absolute Gasteiger partial charge is 0.497 e. The fourth-order valence-electron chi connectivity index (χ4n) is 3.19. The van der Waals surface area contributed by atoms with Crippen molar-refractivity contribution in [2.45, 2.75) is 16.6 Å². The predicted molar refractivity (Wildman–Crippen MR) is 108 cm³/mol. The minimum Gasteiger partial charge on any atom is -0.497 e. The van der Waals surface area contributed by atoms with Crippen LogP contribution in [0.5, 0.6) is 5.75 Å². The average Bonchev–Trinajstić information content (AvgIpc) is 3.31. The maximum absolute atomic E-state index is 13.2. The molecular formula is C19H18N6O4S. The monoisotopic (exact) mass is 426 g/mol. The standard InChI is InChI=1S/C19H18N6O4S/c1-29-13-5-2-11(3-6-13)8-16-19(27)25(10-17(26)22-28)14-9-12(4-7-15(14)30-16)18-20-23-24-21-18/h2-7,9,16,28H,8,10H2,1H3,(H,22,26)(H,20,21,23,24). The van der Waals surface area contributed by atoms with Crippen LogP contribution in [-0.4, -0.2) is 56.6 Å². The molecule has 11 heteroatoms. The van der Waals surface area contributed by atoms with Gasteiger partial charge in [0, 0.05) is 10.5 Å². The number of H-pyrrole nitrogens is 1. The second-order valence-electron chi connectivity index (χ2n) is 6.54. The van der Waals surface area contributed by atoms with E-state index in [0.29, 0.717) is 23.5 Å². The van der Waals surface area contributed by atoms with Gasteiger partial charge in [-0.15, -0.1) is 22.0 Å². The molecule has 0 radical (unpaired) electrons. The van der Waals surface area contributed by atoms with E-state index in [1.807, 2.05) is 36.4 Å². The summed E-state index contributed by atoms with van der Waals surface area (Å²) in [5.74, 6) is 0.204.